The van der Waals surface area contributed by atoms with Gasteiger partial charge in [0.25, 0.3) is 5.75 Å². The highest BCUT2D eigenvalue weighted by Gasteiger charge is 2.43. The standard InChI is InChI=1S/C13H6BF7O5/c15-6-3-7(14(22)23)11(8(16)4-6)13(17,18)5-1-9(24-19)12(26-21)10(2-5)25-20/h1-4,22-23H. The van der Waals surface area contributed by atoms with Crippen LogP contribution in [0.1, 0.15) is 11.1 Å². The first kappa shape index (κ1) is 19.7. The van der Waals surface area contributed by atoms with Crippen molar-refractivity contribution in [3.05, 3.63) is 47.0 Å². The van der Waals surface area contributed by atoms with Crippen LogP contribution in [0, 0.1) is 11.6 Å². The molecule has 2 aromatic rings. The van der Waals surface area contributed by atoms with Crippen LogP contribution in [0.25, 0.3) is 0 Å². The summed E-state index contributed by atoms with van der Waals surface area (Å²) in [5.41, 5.74) is -4.40. The summed E-state index contributed by atoms with van der Waals surface area (Å²) >= 11 is 0. The molecule has 0 heterocycles. The van der Waals surface area contributed by atoms with E-state index < -0.39 is 58.5 Å². The molecular formula is C13H6BF7O5. The zero-order chi connectivity index (χ0) is 19.6. The van der Waals surface area contributed by atoms with Gasteiger partial charge in [-0.15, -0.1) is 0 Å². The van der Waals surface area contributed by atoms with Crippen molar-refractivity contribution in [1.29, 1.82) is 0 Å². The Morgan fingerprint density at radius 1 is 0.846 bits per heavy atom. The fourth-order valence-corrected chi connectivity index (χ4v) is 2.22. The Kier molecular flexibility index (Phi) is 5.51. The lowest BCUT2D eigenvalue weighted by atomic mass is 9.74. The molecule has 26 heavy (non-hydrogen) atoms. The Balaban J connectivity index is 2.76. The second-order valence-electron chi connectivity index (χ2n) is 4.83. The van der Waals surface area contributed by atoms with Crippen molar-refractivity contribution >= 4 is 12.6 Å². The number of hydrogen-bond acceptors (Lipinski definition) is 5. The summed E-state index contributed by atoms with van der Waals surface area (Å²) in [6, 6.07) is 0.448. The Morgan fingerprint density at radius 2 is 1.38 bits per heavy atom. The summed E-state index contributed by atoms with van der Waals surface area (Å²) in [4.78, 5) is 9.21. The van der Waals surface area contributed by atoms with Gasteiger partial charge in [0.2, 0.25) is 11.5 Å². The Morgan fingerprint density at radius 3 is 1.81 bits per heavy atom. The van der Waals surface area contributed by atoms with E-state index in [1.807, 2.05) is 0 Å². The minimum atomic E-state index is -4.52. The van der Waals surface area contributed by atoms with Crippen molar-refractivity contribution in [2.75, 3.05) is 0 Å². The highest BCUT2D eigenvalue weighted by Crippen LogP contribution is 2.45. The zero-order valence-electron chi connectivity index (χ0n) is 12.2. The SMILES string of the molecule is OB(O)c1cc(F)cc(F)c1C(F)(F)c1cc(OF)c(OF)c(OF)c1. The summed E-state index contributed by atoms with van der Waals surface area (Å²) in [5, 5.41) is 18.2. The van der Waals surface area contributed by atoms with Gasteiger partial charge in [0, 0.05) is 25.2 Å². The first-order valence-electron chi connectivity index (χ1n) is 6.45. The first-order chi connectivity index (χ1) is 12.2. The highest BCUT2D eigenvalue weighted by molar-refractivity contribution is 6.59. The highest BCUT2D eigenvalue weighted by atomic mass is 19.3. The van der Waals surface area contributed by atoms with Crippen LogP contribution in [0.3, 0.4) is 0 Å². The van der Waals surface area contributed by atoms with Gasteiger partial charge in [-0.25, -0.2) is 8.78 Å². The minimum Gasteiger partial charge on any atom is -0.423 e. The van der Waals surface area contributed by atoms with Crippen LogP contribution >= 0.6 is 0 Å². The molecule has 140 valence electrons. The minimum absolute atomic E-state index is 0.0211. The third kappa shape index (κ3) is 3.35. The molecule has 0 bridgehead atoms. The van der Waals surface area contributed by atoms with Crippen molar-refractivity contribution in [1.82, 2.24) is 0 Å². The van der Waals surface area contributed by atoms with Gasteiger partial charge < -0.3 is 10.0 Å². The Bertz CT molecular complexity index is 793. The normalized spacial score (nSPS) is 11.3. The van der Waals surface area contributed by atoms with E-state index in [4.69, 9.17) is 10.0 Å². The average molecular weight is 386 g/mol. The molecule has 0 aliphatic heterocycles. The lowest BCUT2D eigenvalue weighted by molar-refractivity contribution is -0.0567. The van der Waals surface area contributed by atoms with E-state index in [0.29, 0.717) is 0 Å². The van der Waals surface area contributed by atoms with Gasteiger partial charge in [-0.2, -0.15) is 8.78 Å². The van der Waals surface area contributed by atoms with E-state index in [0.717, 1.165) is 0 Å². The maximum Gasteiger partial charge on any atom is 0.489 e. The van der Waals surface area contributed by atoms with Crippen LogP contribution in [-0.2, 0) is 5.92 Å². The van der Waals surface area contributed by atoms with Crippen molar-refractivity contribution in [3.63, 3.8) is 0 Å². The summed E-state index contributed by atoms with van der Waals surface area (Å²) in [6.07, 6.45) is 0. The van der Waals surface area contributed by atoms with E-state index in [-0.39, 0.29) is 24.3 Å². The molecule has 13 heteroatoms. The Hall–Kier alpha value is -2.67. The van der Waals surface area contributed by atoms with Gasteiger partial charge >= 0.3 is 13.0 Å². The van der Waals surface area contributed by atoms with Crippen LogP contribution in [-0.4, -0.2) is 17.2 Å². The number of alkyl halides is 2. The molecule has 5 nitrogen and oxygen atoms in total. The third-order valence-electron chi connectivity index (χ3n) is 3.30. The van der Waals surface area contributed by atoms with Crippen LogP contribution in [0.15, 0.2) is 24.3 Å². The molecule has 0 radical (unpaired) electrons. The van der Waals surface area contributed by atoms with Crippen LogP contribution in [0.2, 0.25) is 0 Å². The van der Waals surface area contributed by atoms with Crippen LogP contribution in [0.4, 0.5) is 31.1 Å². The predicted molar refractivity (Wildman–Crippen MR) is 70.8 cm³/mol. The number of halogens is 7. The van der Waals surface area contributed by atoms with E-state index >= 15 is 0 Å². The van der Waals surface area contributed by atoms with E-state index in [1.54, 1.807) is 0 Å². The first-order valence-corrected chi connectivity index (χ1v) is 6.45. The fraction of sp³-hybridized carbons (Fsp3) is 0.0769. The number of hydrogen-bond donors (Lipinski definition) is 2. The van der Waals surface area contributed by atoms with Gasteiger partial charge in [-0.05, 0) is 23.7 Å². The molecule has 0 unspecified atom stereocenters. The molecular weight excluding hydrogens is 380 g/mol. The molecule has 0 aliphatic rings. The second kappa shape index (κ2) is 7.29. The van der Waals surface area contributed by atoms with Gasteiger partial charge in [-0.1, -0.05) is 0 Å². The van der Waals surface area contributed by atoms with Gasteiger partial charge in [0.1, 0.15) is 11.6 Å². The molecule has 0 saturated carbocycles. The monoisotopic (exact) mass is 386 g/mol. The maximum absolute atomic E-state index is 14.7. The lowest BCUT2D eigenvalue weighted by Crippen LogP contribution is -2.39. The molecule has 0 saturated heterocycles. The fourth-order valence-electron chi connectivity index (χ4n) is 2.22. The summed E-state index contributed by atoms with van der Waals surface area (Å²) in [5.74, 6) is -12.0. The van der Waals surface area contributed by atoms with Gasteiger partial charge in [0.05, 0.1) is 5.56 Å². The summed E-state index contributed by atoms with van der Waals surface area (Å²) < 4.78 is 93.7. The third-order valence-corrected chi connectivity index (χ3v) is 3.30. The molecule has 0 aromatic heterocycles. The predicted octanol–water partition coefficient (Wildman–Crippen LogP) is 2.57. The van der Waals surface area contributed by atoms with E-state index in [9.17, 15) is 31.1 Å². The smallest absolute Gasteiger partial charge is 0.423 e. The molecule has 0 fully saturated rings. The molecule has 0 aliphatic carbocycles. The molecule has 2 N–H and O–H groups in total. The van der Waals surface area contributed by atoms with Crippen LogP contribution in [0.5, 0.6) is 17.2 Å². The molecule has 0 spiro atoms. The largest absolute Gasteiger partial charge is 0.489 e. The maximum atomic E-state index is 14.7. The second-order valence-corrected chi connectivity index (χ2v) is 4.83. The quantitative estimate of drug-likeness (QED) is 0.590. The summed E-state index contributed by atoms with van der Waals surface area (Å²) in [7, 11) is -2.72. The molecule has 2 aromatic carbocycles. The topological polar surface area (TPSA) is 68.2 Å². The zero-order valence-corrected chi connectivity index (χ0v) is 12.2. The van der Waals surface area contributed by atoms with Crippen molar-refractivity contribution < 1.29 is 56.0 Å². The summed E-state index contributed by atoms with van der Waals surface area (Å²) in [6.45, 7) is 0. The molecule has 0 amide bonds. The van der Waals surface area contributed by atoms with E-state index in [2.05, 4.69) is 14.8 Å². The lowest BCUT2D eigenvalue weighted by Gasteiger charge is -2.22. The average Bonchev–Trinajstić information content (AvgIpc) is 2.58. The van der Waals surface area contributed by atoms with Gasteiger partial charge in [0.15, 0.2) is 0 Å². The van der Waals surface area contributed by atoms with Gasteiger partial charge in [-0.3, -0.25) is 14.8 Å². The number of rotatable bonds is 6. The number of benzene rings is 2. The molecule has 0 atom stereocenters. The Labute approximate surface area is 140 Å². The van der Waals surface area contributed by atoms with Crippen LogP contribution < -0.4 is 20.3 Å². The molecule has 2 rings (SSSR count). The van der Waals surface area contributed by atoms with E-state index in [1.165, 1.54) is 0 Å². The van der Waals surface area contributed by atoms with Crippen molar-refractivity contribution in [2.45, 2.75) is 5.92 Å². The van der Waals surface area contributed by atoms with Crippen molar-refractivity contribution in [3.8, 4) is 17.2 Å². The van der Waals surface area contributed by atoms with Crippen molar-refractivity contribution in [2.24, 2.45) is 0 Å².